The van der Waals surface area contributed by atoms with E-state index in [1.807, 2.05) is 11.8 Å². The summed E-state index contributed by atoms with van der Waals surface area (Å²) in [7, 11) is 0. The second kappa shape index (κ2) is 9.90. The van der Waals surface area contributed by atoms with Crippen LogP contribution in [0.2, 0.25) is 0 Å². The van der Waals surface area contributed by atoms with Crippen molar-refractivity contribution in [1.29, 1.82) is 0 Å². The van der Waals surface area contributed by atoms with E-state index < -0.39 is 5.97 Å². The van der Waals surface area contributed by atoms with E-state index in [1.54, 1.807) is 0 Å². The van der Waals surface area contributed by atoms with Crippen molar-refractivity contribution in [2.24, 2.45) is 0 Å². The van der Waals surface area contributed by atoms with Gasteiger partial charge in [-0.2, -0.15) is 0 Å². The molecule has 1 N–H and O–H groups in total. The summed E-state index contributed by atoms with van der Waals surface area (Å²) in [6, 6.07) is -0.206. The summed E-state index contributed by atoms with van der Waals surface area (Å²) in [5, 5.41) is 9.05. The number of carbonyl (C=O) groups excluding carboxylic acids is 2. The van der Waals surface area contributed by atoms with E-state index in [0.717, 1.165) is 38.8 Å². The predicted octanol–water partition coefficient (Wildman–Crippen LogP) is 1.57. The highest BCUT2D eigenvalue weighted by molar-refractivity contribution is 5.82. The monoisotopic (exact) mass is 367 g/mol. The molecule has 2 aliphatic rings. The minimum absolute atomic E-state index is 0.102. The zero-order chi connectivity index (χ0) is 19.1. The van der Waals surface area contributed by atoms with Crippen LogP contribution in [0.1, 0.15) is 58.8 Å². The first-order chi connectivity index (χ1) is 12.4. The maximum atomic E-state index is 13.0. The zero-order valence-corrected chi connectivity index (χ0v) is 16.2. The molecule has 2 amide bonds. The molecule has 0 spiro atoms. The maximum Gasteiger partial charge on any atom is 0.323 e. The fourth-order valence-electron chi connectivity index (χ4n) is 4.16. The van der Waals surface area contributed by atoms with Gasteiger partial charge in [0.05, 0.1) is 6.04 Å². The third kappa shape index (κ3) is 5.69. The Labute approximate surface area is 156 Å². The van der Waals surface area contributed by atoms with Crippen LogP contribution in [0, 0.1) is 0 Å². The normalized spacial score (nSPS) is 23.6. The van der Waals surface area contributed by atoms with Gasteiger partial charge in [0.1, 0.15) is 6.54 Å². The molecule has 7 nitrogen and oxygen atoms in total. The Bertz CT molecular complexity index is 503. The Morgan fingerprint density at radius 1 is 1.00 bits per heavy atom. The van der Waals surface area contributed by atoms with Gasteiger partial charge < -0.3 is 14.9 Å². The van der Waals surface area contributed by atoms with Gasteiger partial charge in [-0.15, -0.1) is 0 Å². The molecule has 0 aromatic heterocycles. The van der Waals surface area contributed by atoms with Gasteiger partial charge >= 0.3 is 5.97 Å². The van der Waals surface area contributed by atoms with Crippen molar-refractivity contribution in [3.05, 3.63) is 0 Å². The number of rotatable bonds is 5. The third-order valence-corrected chi connectivity index (χ3v) is 5.71. The molecule has 2 unspecified atom stereocenters. The number of amides is 2. The van der Waals surface area contributed by atoms with Gasteiger partial charge in [0, 0.05) is 26.1 Å². The van der Waals surface area contributed by atoms with Crippen LogP contribution in [0.4, 0.5) is 0 Å². The van der Waals surface area contributed by atoms with Gasteiger partial charge in [-0.25, -0.2) is 0 Å². The van der Waals surface area contributed by atoms with Crippen molar-refractivity contribution in [3.63, 3.8) is 0 Å². The number of hydrogen-bond donors (Lipinski definition) is 1. The van der Waals surface area contributed by atoms with Crippen molar-refractivity contribution in [2.45, 2.75) is 70.9 Å². The minimum atomic E-state index is -0.993. The summed E-state index contributed by atoms with van der Waals surface area (Å²) < 4.78 is 0. The van der Waals surface area contributed by atoms with Crippen LogP contribution in [-0.4, -0.2) is 82.4 Å². The Kier molecular flexibility index (Phi) is 7.87. The van der Waals surface area contributed by atoms with Gasteiger partial charge in [0.2, 0.25) is 11.8 Å². The van der Waals surface area contributed by atoms with Gasteiger partial charge in [0.15, 0.2) is 0 Å². The Balaban J connectivity index is 1.94. The first kappa shape index (κ1) is 20.7. The van der Waals surface area contributed by atoms with Crippen molar-refractivity contribution in [3.8, 4) is 0 Å². The van der Waals surface area contributed by atoms with Crippen molar-refractivity contribution >= 4 is 17.8 Å². The zero-order valence-electron chi connectivity index (χ0n) is 16.2. The van der Waals surface area contributed by atoms with Gasteiger partial charge in [0.25, 0.3) is 0 Å². The summed E-state index contributed by atoms with van der Waals surface area (Å²) in [5.74, 6) is -1.04. The molecular formula is C19H33N3O4. The fraction of sp³-hybridized carbons (Fsp3) is 0.842. The van der Waals surface area contributed by atoms with Crippen LogP contribution < -0.4 is 0 Å². The van der Waals surface area contributed by atoms with Crippen molar-refractivity contribution in [1.82, 2.24) is 14.7 Å². The third-order valence-electron chi connectivity index (χ3n) is 5.71. The number of aliphatic carboxylic acids is 1. The summed E-state index contributed by atoms with van der Waals surface area (Å²) in [6.45, 7) is 6.40. The molecule has 2 atom stereocenters. The predicted molar refractivity (Wildman–Crippen MR) is 98.7 cm³/mol. The molecule has 7 heteroatoms. The lowest BCUT2D eigenvalue weighted by molar-refractivity contribution is -0.145. The molecule has 0 saturated carbocycles. The number of carboxylic acids is 1. The summed E-state index contributed by atoms with van der Waals surface area (Å²) in [4.78, 5) is 41.5. The lowest BCUT2D eigenvalue weighted by atomic mass is 10.1. The van der Waals surface area contributed by atoms with E-state index in [1.165, 1.54) is 24.7 Å². The van der Waals surface area contributed by atoms with E-state index in [2.05, 4.69) is 4.90 Å². The number of hydrogen-bond acceptors (Lipinski definition) is 4. The lowest BCUT2D eigenvalue weighted by Gasteiger charge is -2.32. The van der Waals surface area contributed by atoms with E-state index in [0.29, 0.717) is 19.5 Å². The highest BCUT2D eigenvalue weighted by Gasteiger charge is 2.30. The van der Waals surface area contributed by atoms with E-state index in [9.17, 15) is 14.4 Å². The molecule has 0 aromatic carbocycles. The molecule has 2 heterocycles. The van der Waals surface area contributed by atoms with Crippen molar-refractivity contribution < 1.29 is 19.5 Å². The molecule has 0 aliphatic carbocycles. The maximum absolute atomic E-state index is 13.0. The number of carboxylic acid groups (broad SMARTS) is 1. The Morgan fingerprint density at radius 3 is 2.23 bits per heavy atom. The average molecular weight is 367 g/mol. The van der Waals surface area contributed by atoms with Gasteiger partial charge in [-0.05, 0) is 52.1 Å². The SMILES string of the molecule is CC(=O)N(CC(=O)O)C1CCCN(C(=O)C(C)N2CCCCCC2)CC1. The minimum Gasteiger partial charge on any atom is -0.480 e. The topological polar surface area (TPSA) is 81.2 Å². The molecule has 0 radical (unpaired) electrons. The largest absolute Gasteiger partial charge is 0.480 e. The molecule has 148 valence electrons. The molecule has 2 aliphatic heterocycles. The van der Waals surface area contributed by atoms with Crippen LogP contribution in [-0.2, 0) is 14.4 Å². The standard InChI is InChI=1S/C19H33N3O4/c1-15(20-10-5-3-4-6-11-20)19(26)21-12-7-8-17(9-13-21)22(16(2)23)14-18(24)25/h15,17H,3-14H2,1-2H3,(H,24,25). The molecular weight excluding hydrogens is 334 g/mol. The second-order valence-electron chi connectivity index (χ2n) is 7.58. The smallest absolute Gasteiger partial charge is 0.323 e. The molecule has 2 saturated heterocycles. The number of carbonyl (C=O) groups is 3. The Hall–Kier alpha value is -1.63. The highest BCUT2D eigenvalue weighted by Crippen LogP contribution is 2.20. The van der Waals surface area contributed by atoms with E-state index >= 15 is 0 Å². The molecule has 26 heavy (non-hydrogen) atoms. The molecule has 0 bridgehead atoms. The highest BCUT2D eigenvalue weighted by atomic mass is 16.4. The quantitative estimate of drug-likeness (QED) is 0.798. The first-order valence-electron chi connectivity index (χ1n) is 9.92. The molecule has 2 rings (SSSR count). The lowest BCUT2D eigenvalue weighted by Crippen LogP contribution is -2.48. The van der Waals surface area contributed by atoms with Crippen LogP contribution in [0.3, 0.4) is 0 Å². The summed E-state index contributed by atoms with van der Waals surface area (Å²) in [6.07, 6.45) is 6.98. The molecule has 0 aromatic rings. The van der Waals surface area contributed by atoms with Crippen LogP contribution in [0.5, 0.6) is 0 Å². The first-order valence-corrected chi connectivity index (χ1v) is 9.92. The van der Waals surface area contributed by atoms with Crippen LogP contribution in [0.25, 0.3) is 0 Å². The average Bonchev–Trinajstić information content (AvgIpc) is 3.01. The van der Waals surface area contributed by atoms with Crippen LogP contribution in [0.15, 0.2) is 0 Å². The van der Waals surface area contributed by atoms with Gasteiger partial charge in [-0.3, -0.25) is 19.3 Å². The summed E-state index contributed by atoms with van der Waals surface area (Å²) >= 11 is 0. The summed E-state index contributed by atoms with van der Waals surface area (Å²) in [5.41, 5.74) is 0. The number of nitrogens with zero attached hydrogens (tertiary/aromatic N) is 3. The second-order valence-corrected chi connectivity index (χ2v) is 7.58. The Morgan fingerprint density at radius 2 is 1.65 bits per heavy atom. The molecule has 2 fully saturated rings. The van der Waals surface area contributed by atoms with E-state index in [4.69, 9.17) is 5.11 Å². The van der Waals surface area contributed by atoms with E-state index in [-0.39, 0.29) is 30.4 Å². The van der Waals surface area contributed by atoms with Gasteiger partial charge in [-0.1, -0.05) is 12.8 Å². The fourth-order valence-corrected chi connectivity index (χ4v) is 4.16. The van der Waals surface area contributed by atoms with Crippen molar-refractivity contribution in [2.75, 3.05) is 32.7 Å². The van der Waals surface area contributed by atoms with Crippen LogP contribution >= 0.6 is 0 Å². The number of likely N-dealkylation sites (tertiary alicyclic amines) is 2.